The fraction of sp³-hybridized carbons (Fsp3) is 0.438. The molecule has 1 N–H and O–H groups in total. The summed E-state index contributed by atoms with van der Waals surface area (Å²) < 4.78 is 7.48. The van der Waals surface area contributed by atoms with E-state index in [-0.39, 0.29) is 18.6 Å². The van der Waals surface area contributed by atoms with Crippen LogP contribution in [0.15, 0.2) is 29.4 Å². The molecule has 0 aliphatic heterocycles. The molecular formula is C16H21ClN4O2S. The number of rotatable bonds is 8. The number of nitrogens with one attached hydrogen (secondary N) is 1. The topological polar surface area (TPSA) is 69.0 Å². The lowest BCUT2D eigenvalue weighted by Gasteiger charge is -2.11. The molecular weight excluding hydrogens is 348 g/mol. The van der Waals surface area contributed by atoms with Gasteiger partial charge in [0.15, 0.2) is 11.0 Å². The summed E-state index contributed by atoms with van der Waals surface area (Å²) >= 11 is 7.41. The summed E-state index contributed by atoms with van der Waals surface area (Å²) in [6.07, 6.45) is 0.907. The predicted molar refractivity (Wildman–Crippen MR) is 95.4 cm³/mol. The average Bonchev–Trinajstić information content (AvgIpc) is 2.92. The van der Waals surface area contributed by atoms with Crippen LogP contribution in [0.3, 0.4) is 0 Å². The molecule has 130 valence electrons. The number of ether oxygens (including phenoxy) is 1. The van der Waals surface area contributed by atoms with Crippen LogP contribution in [-0.2, 0) is 18.4 Å². The normalized spacial score (nSPS) is 12.0. The molecule has 0 aliphatic carbocycles. The van der Waals surface area contributed by atoms with E-state index < -0.39 is 0 Å². The second-order valence-corrected chi connectivity index (χ2v) is 6.69. The first-order chi connectivity index (χ1) is 11.5. The van der Waals surface area contributed by atoms with Gasteiger partial charge in [-0.25, -0.2) is 0 Å². The molecule has 2 aromatic rings. The van der Waals surface area contributed by atoms with Crippen LogP contribution >= 0.6 is 23.4 Å². The molecule has 1 aromatic carbocycles. The van der Waals surface area contributed by atoms with Crippen molar-refractivity contribution in [2.45, 2.75) is 38.1 Å². The highest BCUT2D eigenvalue weighted by atomic mass is 35.5. The van der Waals surface area contributed by atoms with Gasteiger partial charge in [-0.15, -0.1) is 10.2 Å². The van der Waals surface area contributed by atoms with E-state index in [2.05, 4.69) is 15.5 Å². The number of hydrogen-bond donors (Lipinski definition) is 1. The van der Waals surface area contributed by atoms with Crippen molar-refractivity contribution >= 4 is 29.3 Å². The van der Waals surface area contributed by atoms with Crippen molar-refractivity contribution in [3.63, 3.8) is 0 Å². The van der Waals surface area contributed by atoms with E-state index in [0.29, 0.717) is 27.5 Å². The molecule has 0 bridgehead atoms. The van der Waals surface area contributed by atoms with E-state index in [1.54, 1.807) is 12.1 Å². The Balaban J connectivity index is 1.89. The lowest BCUT2D eigenvalue weighted by Crippen LogP contribution is -2.33. The van der Waals surface area contributed by atoms with Gasteiger partial charge in [0, 0.05) is 13.1 Å². The highest BCUT2D eigenvalue weighted by molar-refractivity contribution is 7.99. The Morgan fingerprint density at radius 2 is 2.17 bits per heavy atom. The molecule has 1 unspecified atom stereocenters. The number of thioether (sulfide) groups is 1. The van der Waals surface area contributed by atoms with Crippen molar-refractivity contribution in [2.24, 2.45) is 7.05 Å². The standard InChI is InChI=1S/C16H21ClN4O2S/c1-4-11(2)18-15(22)10-24-16-20-19-14(21(16)3)9-23-13-8-6-5-7-12(13)17/h5-8,11H,4,9-10H2,1-3H3,(H,18,22). The molecule has 8 heteroatoms. The van der Waals surface area contributed by atoms with Crippen molar-refractivity contribution in [2.75, 3.05) is 5.75 Å². The molecule has 24 heavy (non-hydrogen) atoms. The highest BCUT2D eigenvalue weighted by Crippen LogP contribution is 2.24. The zero-order valence-corrected chi connectivity index (χ0v) is 15.5. The number of aromatic nitrogens is 3. The van der Waals surface area contributed by atoms with E-state index in [4.69, 9.17) is 16.3 Å². The third-order valence-electron chi connectivity index (χ3n) is 3.47. The first-order valence-electron chi connectivity index (χ1n) is 7.69. The molecule has 1 heterocycles. The highest BCUT2D eigenvalue weighted by Gasteiger charge is 2.13. The quantitative estimate of drug-likeness (QED) is 0.725. The van der Waals surface area contributed by atoms with Crippen LogP contribution in [0.1, 0.15) is 26.1 Å². The fourth-order valence-electron chi connectivity index (χ4n) is 1.85. The number of carbonyl (C=O) groups excluding carboxylic acids is 1. The molecule has 0 spiro atoms. The third kappa shape index (κ3) is 5.14. The van der Waals surface area contributed by atoms with Crippen LogP contribution in [-0.4, -0.2) is 32.5 Å². The van der Waals surface area contributed by atoms with Gasteiger partial charge in [-0.05, 0) is 25.5 Å². The molecule has 0 saturated carbocycles. The summed E-state index contributed by atoms with van der Waals surface area (Å²) in [7, 11) is 1.85. The van der Waals surface area contributed by atoms with Gasteiger partial charge in [0.25, 0.3) is 0 Å². The summed E-state index contributed by atoms with van der Waals surface area (Å²) in [6.45, 7) is 4.27. The second kappa shape index (κ2) is 8.94. The number of nitrogens with zero attached hydrogens (tertiary/aromatic N) is 3. The van der Waals surface area contributed by atoms with Gasteiger partial charge >= 0.3 is 0 Å². The number of carbonyl (C=O) groups is 1. The molecule has 1 amide bonds. The van der Waals surface area contributed by atoms with Crippen molar-refractivity contribution in [1.29, 1.82) is 0 Å². The Kier molecular flexibility index (Phi) is 6.93. The van der Waals surface area contributed by atoms with E-state index in [0.717, 1.165) is 6.42 Å². The smallest absolute Gasteiger partial charge is 0.230 e. The number of para-hydroxylation sites is 1. The van der Waals surface area contributed by atoms with Gasteiger partial charge in [-0.2, -0.15) is 0 Å². The van der Waals surface area contributed by atoms with Crippen molar-refractivity contribution in [3.8, 4) is 5.75 Å². The fourth-order valence-corrected chi connectivity index (χ4v) is 2.78. The Hall–Kier alpha value is -1.73. The number of hydrogen-bond acceptors (Lipinski definition) is 5. The Labute approximate surface area is 150 Å². The SMILES string of the molecule is CCC(C)NC(=O)CSc1nnc(COc2ccccc2Cl)n1C. The summed E-state index contributed by atoms with van der Waals surface area (Å²) in [6, 6.07) is 7.45. The molecule has 0 aliphatic rings. The van der Waals surface area contributed by atoms with Crippen LogP contribution in [0.5, 0.6) is 5.75 Å². The molecule has 1 atom stereocenters. The lowest BCUT2D eigenvalue weighted by atomic mass is 10.3. The van der Waals surface area contributed by atoms with E-state index in [1.807, 2.05) is 37.6 Å². The van der Waals surface area contributed by atoms with Crippen LogP contribution in [0, 0.1) is 0 Å². The van der Waals surface area contributed by atoms with Crippen LogP contribution in [0.2, 0.25) is 5.02 Å². The van der Waals surface area contributed by atoms with Crippen molar-refractivity contribution in [1.82, 2.24) is 20.1 Å². The minimum atomic E-state index is -0.00813. The molecule has 1 aromatic heterocycles. The van der Waals surface area contributed by atoms with Crippen LogP contribution in [0.25, 0.3) is 0 Å². The summed E-state index contributed by atoms with van der Waals surface area (Å²) in [5.74, 6) is 1.57. The predicted octanol–water partition coefficient (Wildman–Crippen LogP) is 3.05. The maximum Gasteiger partial charge on any atom is 0.230 e. The zero-order valence-electron chi connectivity index (χ0n) is 14.0. The van der Waals surface area contributed by atoms with Gasteiger partial charge in [0.05, 0.1) is 10.8 Å². The van der Waals surface area contributed by atoms with Gasteiger partial charge in [-0.1, -0.05) is 42.4 Å². The van der Waals surface area contributed by atoms with Crippen LogP contribution < -0.4 is 10.1 Å². The second-order valence-electron chi connectivity index (χ2n) is 5.34. The maximum absolute atomic E-state index is 11.8. The monoisotopic (exact) mass is 368 g/mol. The molecule has 0 radical (unpaired) electrons. The van der Waals surface area contributed by atoms with Crippen molar-refractivity contribution < 1.29 is 9.53 Å². The largest absolute Gasteiger partial charge is 0.484 e. The van der Waals surface area contributed by atoms with Gasteiger partial charge in [0.1, 0.15) is 12.4 Å². The maximum atomic E-state index is 11.8. The molecule has 6 nitrogen and oxygen atoms in total. The van der Waals surface area contributed by atoms with Gasteiger partial charge < -0.3 is 14.6 Å². The van der Waals surface area contributed by atoms with E-state index in [1.165, 1.54) is 11.8 Å². The Morgan fingerprint density at radius 1 is 1.42 bits per heavy atom. The first-order valence-corrected chi connectivity index (χ1v) is 9.05. The molecule has 0 saturated heterocycles. The third-order valence-corrected chi connectivity index (χ3v) is 4.80. The molecule has 2 rings (SSSR count). The first kappa shape index (κ1) is 18.6. The summed E-state index contributed by atoms with van der Waals surface area (Å²) in [4.78, 5) is 11.8. The summed E-state index contributed by atoms with van der Waals surface area (Å²) in [5, 5.41) is 12.4. The number of amides is 1. The Morgan fingerprint density at radius 3 is 2.88 bits per heavy atom. The molecule has 0 fully saturated rings. The van der Waals surface area contributed by atoms with E-state index >= 15 is 0 Å². The minimum absolute atomic E-state index is 0.00813. The number of benzene rings is 1. The zero-order chi connectivity index (χ0) is 17.5. The summed E-state index contributed by atoms with van der Waals surface area (Å²) in [5.41, 5.74) is 0. The van der Waals surface area contributed by atoms with Gasteiger partial charge in [-0.3, -0.25) is 4.79 Å². The average molecular weight is 369 g/mol. The Bertz CT molecular complexity index is 692. The number of halogens is 1. The minimum Gasteiger partial charge on any atom is -0.484 e. The van der Waals surface area contributed by atoms with Crippen LogP contribution in [0.4, 0.5) is 0 Å². The van der Waals surface area contributed by atoms with Gasteiger partial charge in [0.2, 0.25) is 5.91 Å². The van der Waals surface area contributed by atoms with Crippen molar-refractivity contribution in [3.05, 3.63) is 35.1 Å². The lowest BCUT2D eigenvalue weighted by molar-refractivity contribution is -0.119. The van der Waals surface area contributed by atoms with E-state index in [9.17, 15) is 4.79 Å².